The second kappa shape index (κ2) is 9.22. The molecule has 0 aromatic carbocycles. The van der Waals surface area contributed by atoms with Crippen molar-refractivity contribution in [1.29, 1.82) is 0 Å². The number of fused-ring (bicyclic) bond motifs is 4. The van der Waals surface area contributed by atoms with Crippen molar-refractivity contribution in [3.8, 4) is 0 Å². The first kappa shape index (κ1) is 28.9. The summed E-state index contributed by atoms with van der Waals surface area (Å²) < 4.78 is 5.83. The van der Waals surface area contributed by atoms with Gasteiger partial charge in [-0.3, -0.25) is 4.79 Å². The first-order valence-electron chi connectivity index (χ1n) is 15.5. The molecule has 0 aliphatic heterocycles. The highest BCUT2D eigenvalue weighted by Gasteiger charge is 2.68. The third kappa shape index (κ3) is 4.37. The number of nitrogens with zero attached hydrogens (tertiary/aromatic N) is 1. The molecule has 210 valence electrons. The lowest BCUT2D eigenvalue weighted by Crippen LogP contribution is -2.65. The van der Waals surface area contributed by atoms with Crippen LogP contribution in [0.25, 0.3) is 0 Å². The maximum absolute atomic E-state index is 13.8. The zero-order chi connectivity index (χ0) is 27.7. The van der Waals surface area contributed by atoms with E-state index in [2.05, 4.69) is 81.3 Å². The van der Waals surface area contributed by atoms with Gasteiger partial charge in [0.2, 0.25) is 0 Å². The largest absolute Gasteiger partial charge is 0.361 e. The maximum atomic E-state index is 13.8. The fourth-order valence-electron chi connectivity index (χ4n) is 9.57. The SMILES string of the molecule is CCC(C)(C)CC[C@](C)(CC)CC[C@]1(C)C(C)C(=O)CC2[C@@]3(C)Cc4cnoc4C(C)(C)[C@@H]3CC[C@]21C. The Morgan fingerprint density at radius 3 is 2.30 bits per heavy atom. The van der Waals surface area contributed by atoms with Gasteiger partial charge in [-0.1, -0.05) is 94.2 Å². The van der Waals surface area contributed by atoms with E-state index in [4.69, 9.17) is 4.52 Å². The molecular weight excluding hydrogens is 454 g/mol. The Bertz CT molecular complexity index is 1010. The smallest absolute Gasteiger partial charge is 0.145 e. The van der Waals surface area contributed by atoms with Crippen LogP contribution in [0.3, 0.4) is 0 Å². The first-order valence-corrected chi connectivity index (χ1v) is 15.5. The topological polar surface area (TPSA) is 43.1 Å². The highest BCUT2D eigenvalue weighted by atomic mass is 16.5. The summed E-state index contributed by atoms with van der Waals surface area (Å²) in [7, 11) is 0. The van der Waals surface area contributed by atoms with Crippen molar-refractivity contribution < 1.29 is 9.32 Å². The van der Waals surface area contributed by atoms with Crippen LogP contribution in [-0.2, 0) is 16.6 Å². The molecule has 1 heterocycles. The fraction of sp³-hybridized carbons (Fsp3) is 0.882. The van der Waals surface area contributed by atoms with Crippen molar-refractivity contribution in [2.75, 3.05) is 0 Å². The highest BCUT2D eigenvalue weighted by molar-refractivity contribution is 5.83. The van der Waals surface area contributed by atoms with Gasteiger partial charge in [-0.25, -0.2) is 0 Å². The van der Waals surface area contributed by atoms with Gasteiger partial charge in [0.1, 0.15) is 11.5 Å². The summed E-state index contributed by atoms with van der Waals surface area (Å²) in [4.78, 5) is 13.8. The minimum Gasteiger partial charge on any atom is -0.361 e. The molecule has 7 atom stereocenters. The number of carbonyl (C=O) groups is 1. The normalized spacial score (nSPS) is 38.9. The third-order valence-electron chi connectivity index (χ3n) is 13.6. The van der Waals surface area contributed by atoms with Crippen LogP contribution in [0.4, 0.5) is 0 Å². The van der Waals surface area contributed by atoms with Gasteiger partial charge in [0, 0.05) is 23.3 Å². The molecule has 3 heteroatoms. The molecule has 3 aliphatic carbocycles. The van der Waals surface area contributed by atoms with Gasteiger partial charge >= 0.3 is 0 Å². The number of aromatic nitrogens is 1. The van der Waals surface area contributed by atoms with Crippen LogP contribution >= 0.6 is 0 Å². The summed E-state index contributed by atoms with van der Waals surface area (Å²) in [6.45, 7) is 26.7. The maximum Gasteiger partial charge on any atom is 0.145 e. The van der Waals surface area contributed by atoms with Crippen molar-refractivity contribution in [1.82, 2.24) is 5.16 Å². The van der Waals surface area contributed by atoms with E-state index in [1.165, 1.54) is 50.5 Å². The van der Waals surface area contributed by atoms with Crippen LogP contribution < -0.4 is 0 Å². The molecule has 4 rings (SSSR count). The van der Waals surface area contributed by atoms with Gasteiger partial charge in [-0.05, 0) is 83.9 Å². The predicted octanol–water partition coefficient (Wildman–Crippen LogP) is 9.58. The molecule has 1 aromatic rings. The number of hydrogen-bond acceptors (Lipinski definition) is 3. The second-order valence-corrected chi connectivity index (χ2v) is 16.1. The summed E-state index contributed by atoms with van der Waals surface area (Å²) in [6, 6.07) is 0. The standard InChI is InChI=1S/C34H57NO2/c1-12-29(4,5)16-17-31(8,13-2)18-19-33(10)23(3)25(36)20-27-32(9)21-24-22-35-37-28(24)30(6,7)26(32)14-15-34(27,33)11/h22-23,26-27H,12-21H2,1-11H3/t23?,26-,27?,31-,32-,33+,34+/m0/s1. The van der Waals surface area contributed by atoms with Crippen molar-refractivity contribution in [3.63, 3.8) is 0 Å². The van der Waals surface area contributed by atoms with E-state index in [1.54, 1.807) is 0 Å². The lowest BCUT2D eigenvalue weighted by molar-refractivity contribution is -0.194. The average Bonchev–Trinajstić information content (AvgIpc) is 3.31. The lowest BCUT2D eigenvalue weighted by Gasteiger charge is -2.68. The molecule has 2 saturated carbocycles. The molecule has 2 unspecified atom stereocenters. The van der Waals surface area contributed by atoms with Crippen LogP contribution in [-0.4, -0.2) is 10.9 Å². The summed E-state index contributed by atoms with van der Waals surface area (Å²) in [6.07, 6.45) is 13.5. The molecule has 3 aliphatic rings. The van der Waals surface area contributed by atoms with Crippen LogP contribution in [0, 0.1) is 44.8 Å². The van der Waals surface area contributed by atoms with Crippen molar-refractivity contribution in [3.05, 3.63) is 17.5 Å². The Balaban J connectivity index is 1.66. The van der Waals surface area contributed by atoms with Gasteiger partial charge in [0.25, 0.3) is 0 Å². The van der Waals surface area contributed by atoms with E-state index in [9.17, 15) is 4.79 Å². The zero-order valence-corrected chi connectivity index (χ0v) is 26.1. The molecule has 2 fully saturated rings. The first-order chi connectivity index (χ1) is 17.0. The minimum absolute atomic E-state index is 0.0246. The highest BCUT2D eigenvalue weighted by Crippen LogP contribution is 2.72. The van der Waals surface area contributed by atoms with Gasteiger partial charge in [0.05, 0.1) is 6.20 Å². The summed E-state index contributed by atoms with van der Waals surface area (Å²) in [5, 5.41) is 4.23. The van der Waals surface area contributed by atoms with Crippen LogP contribution in [0.2, 0.25) is 0 Å². The van der Waals surface area contributed by atoms with Crippen molar-refractivity contribution >= 4 is 5.78 Å². The number of carbonyl (C=O) groups excluding carboxylic acids is 1. The Labute approximate surface area is 228 Å². The number of rotatable bonds is 8. The lowest BCUT2D eigenvalue weighted by atomic mass is 9.35. The van der Waals surface area contributed by atoms with Gasteiger partial charge < -0.3 is 4.52 Å². The Hall–Kier alpha value is -1.12. The molecule has 0 spiro atoms. The molecule has 0 saturated heterocycles. The fourth-order valence-corrected chi connectivity index (χ4v) is 9.57. The van der Waals surface area contributed by atoms with E-state index >= 15 is 0 Å². The van der Waals surface area contributed by atoms with E-state index in [1.807, 2.05) is 6.20 Å². The number of ketones is 1. The molecule has 37 heavy (non-hydrogen) atoms. The van der Waals surface area contributed by atoms with E-state index in [-0.39, 0.29) is 27.6 Å². The van der Waals surface area contributed by atoms with Crippen LogP contribution in [0.15, 0.2) is 10.7 Å². The monoisotopic (exact) mass is 511 g/mol. The Morgan fingerprint density at radius 1 is 1.00 bits per heavy atom. The Morgan fingerprint density at radius 2 is 1.68 bits per heavy atom. The summed E-state index contributed by atoms with van der Waals surface area (Å²) in [5.74, 6) is 2.64. The molecule has 1 aromatic heterocycles. The van der Waals surface area contributed by atoms with E-state index in [0.29, 0.717) is 28.4 Å². The molecular formula is C34H57NO2. The van der Waals surface area contributed by atoms with Gasteiger partial charge in [-0.2, -0.15) is 0 Å². The quantitative estimate of drug-likeness (QED) is 0.349. The van der Waals surface area contributed by atoms with E-state index in [0.717, 1.165) is 25.0 Å². The average molecular weight is 512 g/mol. The minimum atomic E-state index is -0.0461. The van der Waals surface area contributed by atoms with Gasteiger partial charge in [-0.15, -0.1) is 0 Å². The third-order valence-corrected chi connectivity index (χ3v) is 13.6. The van der Waals surface area contributed by atoms with Crippen LogP contribution in [0.1, 0.15) is 145 Å². The number of Topliss-reactive ketones (excluding diaryl/α,β-unsaturated/α-hetero) is 1. The molecule has 0 amide bonds. The molecule has 0 radical (unpaired) electrons. The molecule has 3 nitrogen and oxygen atoms in total. The second-order valence-electron chi connectivity index (χ2n) is 16.1. The zero-order valence-electron chi connectivity index (χ0n) is 26.1. The summed E-state index contributed by atoms with van der Waals surface area (Å²) >= 11 is 0. The van der Waals surface area contributed by atoms with Crippen molar-refractivity contribution in [2.45, 2.75) is 146 Å². The Kier molecular flexibility index (Phi) is 7.20. The summed E-state index contributed by atoms with van der Waals surface area (Å²) in [5.41, 5.74) is 2.25. The van der Waals surface area contributed by atoms with E-state index < -0.39 is 0 Å². The van der Waals surface area contributed by atoms with Crippen molar-refractivity contribution in [2.24, 2.45) is 44.8 Å². The van der Waals surface area contributed by atoms with Crippen LogP contribution in [0.5, 0.6) is 0 Å². The van der Waals surface area contributed by atoms with Gasteiger partial charge in [0.15, 0.2) is 0 Å². The molecule has 0 bridgehead atoms. The number of hydrogen-bond donors (Lipinski definition) is 0. The predicted molar refractivity (Wildman–Crippen MR) is 153 cm³/mol. The molecule has 0 N–H and O–H groups in total.